The van der Waals surface area contributed by atoms with Crippen molar-refractivity contribution in [2.75, 3.05) is 0 Å². The van der Waals surface area contributed by atoms with Crippen molar-refractivity contribution in [1.82, 2.24) is 10.3 Å². The second-order valence-corrected chi connectivity index (χ2v) is 7.13. The summed E-state index contributed by atoms with van der Waals surface area (Å²) in [5.41, 5.74) is 2.29. The second-order valence-electron chi connectivity index (χ2n) is 6.18. The summed E-state index contributed by atoms with van der Waals surface area (Å²) >= 11 is 1.66. The van der Waals surface area contributed by atoms with Crippen LogP contribution in [0.3, 0.4) is 0 Å². The Bertz CT molecular complexity index is 627. The minimum Gasteiger partial charge on any atom is -0.456 e. The van der Waals surface area contributed by atoms with Crippen molar-refractivity contribution in [2.45, 2.75) is 46.4 Å². The molecule has 4 nitrogen and oxygen atoms in total. The lowest BCUT2D eigenvalue weighted by Crippen LogP contribution is -2.23. The maximum absolute atomic E-state index is 11.9. The Balaban J connectivity index is 1.85. The molecule has 1 N–H and O–H groups in total. The molecule has 0 bridgehead atoms. The van der Waals surface area contributed by atoms with E-state index in [2.05, 4.69) is 10.3 Å². The number of aromatic nitrogens is 1. The fraction of sp³-hybridized carbons (Fsp3) is 0.412. The normalized spacial score (nSPS) is 11.5. The lowest BCUT2D eigenvalue weighted by atomic mass is 10.1. The van der Waals surface area contributed by atoms with Crippen molar-refractivity contribution in [3.05, 3.63) is 51.5 Å². The van der Waals surface area contributed by atoms with E-state index < -0.39 is 5.60 Å². The zero-order chi connectivity index (χ0) is 16.2. The van der Waals surface area contributed by atoms with Crippen LogP contribution in [0.15, 0.2) is 29.6 Å². The first-order valence-electron chi connectivity index (χ1n) is 7.27. The molecule has 0 saturated carbocycles. The lowest BCUT2D eigenvalue weighted by Gasteiger charge is -2.19. The summed E-state index contributed by atoms with van der Waals surface area (Å²) in [7, 11) is 0. The number of esters is 1. The first-order valence-corrected chi connectivity index (χ1v) is 8.15. The molecule has 0 aliphatic carbocycles. The van der Waals surface area contributed by atoms with Gasteiger partial charge in [0.25, 0.3) is 0 Å². The lowest BCUT2D eigenvalue weighted by molar-refractivity contribution is 0.00695. The van der Waals surface area contributed by atoms with Crippen LogP contribution in [0.2, 0.25) is 0 Å². The fourth-order valence-corrected chi connectivity index (χ4v) is 2.63. The molecular formula is C17H22N2O2S. The number of nitrogens with zero attached hydrogens (tertiary/aromatic N) is 1. The standard InChI is InChI=1S/C17H22N2O2S/c1-12-11-22-15(19-12)10-18-9-13-5-7-14(8-6-13)16(20)21-17(2,3)4/h5-8,11,18H,9-10H2,1-4H3. The summed E-state index contributed by atoms with van der Waals surface area (Å²) in [4.78, 5) is 16.3. The second kappa shape index (κ2) is 7.03. The molecule has 1 aromatic heterocycles. The first-order chi connectivity index (χ1) is 10.3. The minimum absolute atomic E-state index is 0.287. The Morgan fingerprint density at radius 3 is 2.45 bits per heavy atom. The van der Waals surface area contributed by atoms with Crippen LogP contribution in [-0.4, -0.2) is 16.6 Å². The van der Waals surface area contributed by atoms with Gasteiger partial charge >= 0.3 is 5.97 Å². The summed E-state index contributed by atoms with van der Waals surface area (Å²) < 4.78 is 5.34. The van der Waals surface area contributed by atoms with Crippen molar-refractivity contribution in [3.8, 4) is 0 Å². The topological polar surface area (TPSA) is 51.2 Å². The predicted molar refractivity (Wildman–Crippen MR) is 89.0 cm³/mol. The number of aryl methyl sites for hydroxylation is 1. The molecule has 1 heterocycles. The van der Waals surface area contributed by atoms with Gasteiger partial charge in [0.2, 0.25) is 0 Å². The highest BCUT2D eigenvalue weighted by atomic mass is 32.1. The number of ether oxygens (including phenoxy) is 1. The van der Waals surface area contributed by atoms with Gasteiger partial charge < -0.3 is 10.1 Å². The Morgan fingerprint density at radius 1 is 1.23 bits per heavy atom. The largest absolute Gasteiger partial charge is 0.456 e. The Labute approximate surface area is 135 Å². The molecule has 0 spiro atoms. The van der Waals surface area contributed by atoms with Crippen LogP contribution in [0, 0.1) is 6.92 Å². The maximum Gasteiger partial charge on any atom is 0.338 e. The molecule has 0 amide bonds. The highest BCUT2D eigenvalue weighted by molar-refractivity contribution is 7.09. The van der Waals surface area contributed by atoms with Gasteiger partial charge in [-0.3, -0.25) is 0 Å². The highest BCUT2D eigenvalue weighted by Crippen LogP contribution is 2.13. The van der Waals surface area contributed by atoms with Crippen LogP contribution in [-0.2, 0) is 17.8 Å². The molecule has 0 aliphatic heterocycles. The zero-order valence-electron chi connectivity index (χ0n) is 13.5. The van der Waals surface area contributed by atoms with Gasteiger partial charge in [0.05, 0.1) is 5.56 Å². The van der Waals surface area contributed by atoms with Crippen molar-refractivity contribution in [1.29, 1.82) is 0 Å². The fourth-order valence-electron chi connectivity index (χ4n) is 1.89. The number of hydrogen-bond donors (Lipinski definition) is 1. The molecule has 0 unspecified atom stereocenters. The van der Waals surface area contributed by atoms with Crippen molar-refractivity contribution >= 4 is 17.3 Å². The summed E-state index contributed by atoms with van der Waals surface area (Å²) in [6.45, 7) is 9.09. The molecule has 1 aromatic carbocycles. The SMILES string of the molecule is Cc1csc(CNCc2ccc(C(=O)OC(C)(C)C)cc2)n1. The van der Waals surface area contributed by atoms with Crippen LogP contribution in [0.25, 0.3) is 0 Å². The van der Waals surface area contributed by atoms with Gasteiger partial charge in [-0.15, -0.1) is 11.3 Å². The molecule has 0 saturated heterocycles. The van der Waals surface area contributed by atoms with Crippen molar-refractivity contribution in [3.63, 3.8) is 0 Å². The van der Waals surface area contributed by atoms with Crippen LogP contribution in [0.5, 0.6) is 0 Å². The van der Waals surface area contributed by atoms with Crippen LogP contribution < -0.4 is 5.32 Å². The Morgan fingerprint density at radius 2 is 1.91 bits per heavy atom. The smallest absolute Gasteiger partial charge is 0.338 e. The summed E-state index contributed by atoms with van der Waals surface area (Å²) in [5.74, 6) is -0.287. The molecule has 2 rings (SSSR count). The molecule has 118 valence electrons. The quantitative estimate of drug-likeness (QED) is 0.854. The average Bonchev–Trinajstić information content (AvgIpc) is 2.83. The van der Waals surface area contributed by atoms with Gasteiger partial charge in [-0.25, -0.2) is 9.78 Å². The van der Waals surface area contributed by atoms with E-state index in [9.17, 15) is 4.79 Å². The molecular weight excluding hydrogens is 296 g/mol. The van der Waals surface area contributed by atoms with Gasteiger partial charge in [0.15, 0.2) is 0 Å². The Hall–Kier alpha value is -1.72. The third-order valence-electron chi connectivity index (χ3n) is 2.86. The van der Waals surface area contributed by atoms with Crippen molar-refractivity contribution in [2.24, 2.45) is 0 Å². The number of rotatable bonds is 5. The van der Waals surface area contributed by atoms with E-state index in [4.69, 9.17) is 4.74 Å². The first kappa shape index (κ1) is 16.6. The van der Waals surface area contributed by atoms with Gasteiger partial charge in [0.1, 0.15) is 10.6 Å². The third-order valence-corrected chi connectivity index (χ3v) is 3.83. The van der Waals surface area contributed by atoms with E-state index in [0.717, 1.165) is 29.4 Å². The van der Waals surface area contributed by atoms with Gasteiger partial charge in [-0.05, 0) is 45.4 Å². The number of carbonyl (C=O) groups excluding carboxylic acids is 1. The van der Waals surface area contributed by atoms with Gasteiger partial charge in [-0.1, -0.05) is 12.1 Å². The van der Waals surface area contributed by atoms with Crippen LogP contribution in [0.1, 0.15) is 47.4 Å². The highest BCUT2D eigenvalue weighted by Gasteiger charge is 2.17. The van der Waals surface area contributed by atoms with Crippen LogP contribution in [0.4, 0.5) is 0 Å². The van der Waals surface area contributed by atoms with Crippen molar-refractivity contribution < 1.29 is 9.53 Å². The van der Waals surface area contributed by atoms with E-state index in [0.29, 0.717) is 5.56 Å². The molecule has 2 aromatic rings. The van der Waals surface area contributed by atoms with E-state index in [1.165, 1.54) is 0 Å². The molecule has 0 radical (unpaired) electrons. The van der Waals surface area contributed by atoms with Crippen LogP contribution >= 0.6 is 11.3 Å². The number of benzene rings is 1. The summed E-state index contributed by atoms with van der Waals surface area (Å²) in [5, 5.41) is 6.48. The number of thiazole rings is 1. The number of hydrogen-bond acceptors (Lipinski definition) is 5. The molecule has 0 atom stereocenters. The van der Waals surface area contributed by atoms with Gasteiger partial charge in [0, 0.05) is 24.2 Å². The van der Waals surface area contributed by atoms with E-state index >= 15 is 0 Å². The van der Waals surface area contributed by atoms with E-state index in [1.807, 2.05) is 45.2 Å². The van der Waals surface area contributed by atoms with Gasteiger partial charge in [-0.2, -0.15) is 0 Å². The number of carbonyl (C=O) groups is 1. The monoisotopic (exact) mass is 318 g/mol. The summed E-state index contributed by atoms with van der Waals surface area (Å²) in [6, 6.07) is 7.50. The van der Waals surface area contributed by atoms with E-state index in [-0.39, 0.29) is 5.97 Å². The average molecular weight is 318 g/mol. The molecule has 22 heavy (non-hydrogen) atoms. The molecule has 5 heteroatoms. The Kier molecular flexibility index (Phi) is 5.32. The molecule has 0 fully saturated rings. The molecule has 0 aliphatic rings. The number of nitrogens with one attached hydrogen (secondary N) is 1. The predicted octanol–water partition coefficient (Wildman–Crippen LogP) is 3.70. The third kappa shape index (κ3) is 5.24. The summed E-state index contributed by atoms with van der Waals surface area (Å²) in [6.07, 6.45) is 0. The minimum atomic E-state index is -0.469. The van der Waals surface area contributed by atoms with E-state index in [1.54, 1.807) is 23.5 Å². The zero-order valence-corrected chi connectivity index (χ0v) is 14.3. The maximum atomic E-state index is 11.9.